The standard InChI is InChI=1S/C20H28F2N2O3/c21-17-4-3-15(18(22)13-17)12-20(26)24-6-5-19(16(14-24)2-1-9-25)23-7-10-27-11-8-23/h3-4,13,16,19,25H,1-2,5-12,14H2. The number of amides is 1. The number of nitrogens with zero attached hydrogens (tertiary/aromatic N) is 2. The van der Waals surface area contributed by atoms with E-state index < -0.39 is 11.6 Å². The van der Waals surface area contributed by atoms with Crippen LogP contribution >= 0.6 is 0 Å². The molecule has 0 radical (unpaired) electrons. The average molecular weight is 382 g/mol. The van der Waals surface area contributed by atoms with Crippen molar-refractivity contribution < 1.29 is 23.4 Å². The van der Waals surface area contributed by atoms with Crippen molar-refractivity contribution in [2.24, 2.45) is 5.92 Å². The number of piperidine rings is 1. The lowest BCUT2D eigenvalue weighted by atomic mass is 9.86. The van der Waals surface area contributed by atoms with E-state index in [2.05, 4.69) is 4.90 Å². The first-order valence-electron chi connectivity index (χ1n) is 9.73. The molecule has 0 bridgehead atoms. The Morgan fingerprint density at radius 1 is 1.22 bits per heavy atom. The minimum Gasteiger partial charge on any atom is -0.396 e. The maximum atomic E-state index is 13.9. The van der Waals surface area contributed by atoms with Crippen LogP contribution in [0.1, 0.15) is 24.8 Å². The van der Waals surface area contributed by atoms with Gasteiger partial charge in [0.15, 0.2) is 0 Å². The summed E-state index contributed by atoms with van der Waals surface area (Å²) in [6.07, 6.45) is 2.38. The number of carbonyl (C=O) groups is 1. The van der Waals surface area contributed by atoms with Gasteiger partial charge in [-0.25, -0.2) is 8.78 Å². The number of aliphatic hydroxyl groups is 1. The number of halogens is 2. The molecule has 7 heteroatoms. The molecule has 2 fully saturated rings. The zero-order valence-electron chi connectivity index (χ0n) is 15.6. The van der Waals surface area contributed by atoms with Gasteiger partial charge < -0.3 is 14.7 Å². The van der Waals surface area contributed by atoms with Crippen molar-refractivity contribution in [3.05, 3.63) is 35.4 Å². The Kier molecular flexibility index (Phi) is 7.15. The van der Waals surface area contributed by atoms with E-state index in [4.69, 9.17) is 4.74 Å². The number of likely N-dealkylation sites (tertiary alicyclic amines) is 1. The van der Waals surface area contributed by atoms with Crippen LogP contribution in [-0.4, -0.2) is 72.9 Å². The number of carbonyl (C=O) groups excluding carboxylic acids is 1. The number of ether oxygens (including phenoxy) is 1. The van der Waals surface area contributed by atoms with E-state index in [-0.39, 0.29) is 30.4 Å². The van der Waals surface area contributed by atoms with Crippen LogP contribution in [0.25, 0.3) is 0 Å². The lowest BCUT2D eigenvalue weighted by molar-refractivity contribution is -0.134. The zero-order chi connectivity index (χ0) is 19.2. The molecule has 0 aromatic heterocycles. The second-order valence-corrected chi connectivity index (χ2v) is 7.38. The number of hydrogen-bond acceptors (Lipinski definition) is 4. The molecule has 5 nitrogen and oxygen atoms in total. The third kappa shape index (κ3) is 5.24. The molecular formula is C20H28F2N2O3. The number of hydrogen-bond donors (Lipinski definition) is 1. The Morgan fingerprint density at radius 2 is 2.00 bits per heavy atom. The summed E-state index contributed by atoms with van der Waals surface area (Å²) in [7, 11) is 0. The van der Waals surface area contributed by atoms with Gasteiger partial charge >= 0.3 is 0 Å². The van der Waals surface area contributed by atoms with E-state index in [1.165, 1.54) is 12.1 Å². The van der Waals surface area contributed by atoms with Gasteiger partial charge in [0.25, 0.3) is 0 Å². The highest BCUT2D eigenvalue weighted by Crippen LogP contribution is 2.27. The van der Waals surface area contributed by atoms with E-state index in [1.54, 1.807) is 4.90 Å². The first kappa shape index (κ1) is 20.2. The summed E-state index contributed by atoms with van der Waals surface area (Å²) in [6.45, 7) is 4.65. The molecule has 0 spiro atoms. The Labute approximate surface area is 158 Å². The van der Waals surface area contributed by atoms with Gasteiger partial charge in [0.1, 0.15) is 11.6 Å². The third-order valence-corrected chi connectivity index (χ3v) is 5.65. The molecule has 150 valence electrons. The van der Waals surface area contributed by atoms with E-state index in [0.29, 0.717) is 25.6 Å². The van der Waals surface area contributed by atoms with Crippen LogP contribution in [-0.2, 0) is 16.0 Å². The van der Waals surface area contributed by atoms with Crippen molar-refractivity contribution in [3.8, 4) is 0 Å². The number of rotatable bonds is 6. The molecule has 1 amide bonds. The summed E-state index contributed by atoms with van der Waals surface area (Å²) in [4.78, 5) is 16.9. The molecule has 0 aliphatic carbocycles. The number of benzene rings is 1. The molecule has 27 heavy (non-hydrogen) atoms. The van der Waals surface area contributed by atoms with Crippen molar-refractivity contribution >= 4 is 5.91 Å². The van der Waals surface area contributed by atoms with Crippen LogP contribution in [0.4, 0.5) is 8.78 Å². The molecule has 3 rings (SSSR count). The normalized spacial score (nSPS) is 24.2. The fourth-order valence-electron chi connectivity index (χ4n) is 4.21. The average Bonchev–Trinajstić information content (AvgIpc) is 2.69. The Morgan fingerprint density at radius 3 is 2.70 bits per heavy atom. The number of morpholine rings is 1. The van der Waals surface area contributed by atoms with Crippen molar-refractivity contribution in [3.63, 3.8) is 0 Å². The topological polar surface area (TPSA) is 53.0 Å². The Hall–Kier alpha value is -1.57. The zero-order valence-corrected chi connectivity index (χ0v) is 15.6. The summed E-state index contributed by atoms with van der Waals surface area (Å²) in [5.74, 6) is -1.16. The molecule has 2 atom stereocenters. The van der Waals surface area contributed by atoms with Crippen molar-refractivity contribution in [1.82, 2.24) is 9.80 Å². The van der Waals surface area contributed by atoms with Gasteiger partial charge in [-0.3, -0.25) is 9.69 Å². The molecule has 1 aromatic carbocycles. The van der Waals surface area contributed by atoms with Gasteiger partial charge in [0.2, 0.25) is 5.91 Å². The molecule has 2 unspecified atom stereocenters. The first-order chi connectivity index (χ1) is 13.1. The second-order valence-electron chi connectivity index (χ2n) is 7.38. The highest BCUT2D eigenvalue weighted by Gasteiger charge is 2.35. The highest BCUT2D eigenvalue weighted by atomic mass is 19.1. The molecule has 2 saturated heterocycles. The largest absolute Gasteiger partial charge is 0.396 e. The minimum absolute atomic E-state index is 0.0545. The van der Waals surface area contributed by atoms with Gasteiger partial charge in [0, 0.05) is 44.9 Å². The van der Waals surface area contributed by atoms with Crippen LogP contribution in [0.2, 0.25) is 0 Å². The summed E-state index contributed by atoms with van der Waals surface area (Å²) < 4.78 is 32.4. The summed E-state index contributed by atoms with van der Waals surface area (Å²) in [5, 5.41) is 9.23. The molecule has 2 heterocycles. The molecule has 1 N–H and O–H groups in total. The smallest absolute Gasteiger partial charge is 0.227 e. The summed E-state index contributed by atoms with van der Waals surface area (Å²) in [5.41, 5.74) is 0.226. The monoisotopic (exact) mass is 382 g/mol. The van der Waals surface area contributed by atoms with Gasteiger partial charge in [-0.1, -0.05) is 6.07 Å². The molecule has 0 saturated carbocycles. The predicted molar refractivity (Wildman–Crippen MR) is 97.2 cm³/mol. The molecule has 2 aliphatic rings. The van der Waals surface area contributed by atoms with Crippen LogP contribution < -0.4 is 0 Å². The highest BCUT2D eigenvalue weighted by molar-refractivity contribution is 5.79. The third-order valence-electron chi connectivity index (χ3n) is 5.65. The summed E-state index contributed by atoms with van der Waals surface area (Å²) in [6, 6.07) is 3.72. The fourth-order valence-corrected chi connectivity index (χ4v) is 4.21. The van der Waals surface area contributed by atoms with E-state index in [1.807, 2.05) is 0 Å². The first-order valence-corrected chi connectivity index (χ1v) is 9.73. The van der Waals surface area contributed by atoms with Gasteiger partial charge in [0.05, 0.1) is 19.6 Å². The molecule has 1 aromatic rings. The molecular weight excluding hydrogens is 354 g/mol. The maximum absolute atomic E-state index is 13.9. The Bertz CT molecular complexity index is 638. The molecule has 2 aliphatic heterocycles. The van der Waals surface area contributed by atoms with Gasteiger partial charge in [-0.05, 0) is 36.8 Å². The van der Waals surface area contributed by atoms with Crippen LogP contribution in [0.15, 0.2) is 18.2 Å². The van der Waals surface area contributed by atoms with Gasteiger partial charge in [-0.2, -0.15) is 0 Å². The lowest BCUT2D eigenvalue weighted by Crippen LogP contribution is -2.55. The second kappa shape index (κ2) is 9.57. The van der Waals surface area contributed by atoms with Crippen LogP contribution in [0, 0.1) is 17.6 Å². The maximum Gasteiger partial charge on any atom is 0.227 e. The SMILES string of the molecule is O=C(Cc1ccc(F)cc1F)N1CCC(N2CCOCC2)C(CCCO)C1. The van der Waals surface area contributed by atoms with Crippen LogP contribution in [0.5, 0.6) is 0 Å². The quantitative estimate of drug-likeness (QED) is 0.816. The number of aliphatic hydroxyl groups excluding tert-OH is 1. The van der Waals surface area contributed by atoms with E-state index in [9.17, 15) is 18.7 Å². The Balaban J connectivity index is 1.63. The van der Waals surface area contributed by atoms with Crippen molar-refractivity contribution in [1.29, 1.82) is 0 Å². The lowest BCUT2D eigenvalue weighted by Gasteiger charge is -2.45. The minimum atomic E-state index is -0.677. The van der Waals surface area contributed by atoms with Gasteiger partial charge in [-0.15, -0.1) is 0 Å². The van der Waals surface area contributed by atoms with Crippen molar-refractivity contribution in [2.45, 2.75) is 31.7 Å². The van der Waals surface area contributed by atoms with Crippen molar-refractivity contribution in [2.75, 3.05) is 46.0 Å². The summed E-state index contributed by atoms with van der Waals surface area (Å²) >= 11 is 0. The van der Waals surface area contributed by atoms with E-state index in [0.717, 1.165) is 45.2 Å². The van der Waals surface area contributed by atoms with Crippen LogP contribution in [0.3, 0.4) is 0 Å². The van der Waals surface area contributed by atoms with E-state index >= 15 is 0 Å². The predicted octanol–water partition coefficient (Wildman–Crippen LogP) is 1.83. The fraction of sp³-hybridized carbons (Fsp3) is 0.650.